The Bertz CT molecular complexity index is 414. The number of hydrogen-bond acceptors (Lipinski definition) is 2. The zero-order valence-electron chi connectivity index (χ0n) is 13.3. The maximum Gasteiger partial charge on any atom is 0.240 e. The maximum absolute atomic E-state index is 12.7. The van der Waals surface area contributed by atoms with Crippen molar-refractivity contribution >= 4 is 5.91 Å². The van der Waals surface area contributed by atoms with Gasteiger partial charge in [-0.2, -0.15) is 0 Å². The lowest BCUT2D eigenvalue weighted by Crippen LogP contribution is -2.50. The molecule has 0 aliphatic heterocycles. The van der Waals surface area contributed by atoms with Crippen molar-refractivity contribution < 1.29 is 4.79 Å². The quantitative estimate of drug-likeness (QED) is 0.866. The highest BCUT2D eigenvalue weighted by atomic mass is 16.2. The summed E-state index contributed by atoms with van der Waals surface area (Å²) in [6.45, 7) is 10.2. The Hall–Kier alpha value is -1.35. The molecule has 2 atom stereocenters. The molecule has 0 unspecified atom stereocenters. The van der Waals surface area contributed by atoms with Crippen molar-refractivity contribution in [1.29, 1.82) is 0 Å². The molecule has 0 fully saturated rings. The SMILES string of the molecule is CC[C@@H](c1ccccc1)N(C(=O)[C@@H](N)C(C)C)C(C)C. The third-order valence-electron chi connectivity index (χ3n) is 3.72. The van der Waals surface area contributed by atoms with Gasteiger partial charge in [0.1, 0.15) is 0 Å². The van der Waals surface area contributed by atoms with E-state index in [1.807, 2.05) is 36.9 Å². The zero-order chi connectivity index (χ0) is 15.3. The number of rotatable bonds is 6. The summed E-state index contributed by atoms with van der Waals surface area (Å²) in [4.78, 5) is 14.6. The lowest BCUT2D eigenvalue weighted by atomic mass is 9.97. The van der Waals surface area contributed by atoms with Crippen molar-refractivity contribution in [1.82, 2.24) is 4.90 Å². The van der Waals surface area contributed by atoms with Gasteiger partial charge in [0.05, 0.1) is 12.1 Å². The van der Waals surface area contributed by atoms with Crippen LogP contribution in [0.3, 0.4) is 0 Å². The van der Waals surface area contributed by atoms with E-state index >= 15 is 0 Å². The Kier molecular flexibility index (Phi) is 6.21. The van der Waals surface area contributed by atoms with Crippen LogP contribution in [0.2, 0.25) is 0 Å². The predicted molar refractivity (Wildman–Crippen MR) is 84.3 cm³/mol. The molecule has 1 aromatic rings. The van der Waals surface area contributed by atoms with E-state index in [0.29, 0.717) is 0 Å². The van der Waals surface area contributed by atoms with Crippen LogP contribution in [-0.2, 0) is 4.79 Å². The molecule has 1 amide bonds. The largest absolute Gasteiger partial charge is 0.332 e. The van der Waals surface area contributed by atoms with E-state index in [2.05, 4.69) is 32.9 Å². The molecule has 0 saturated heterocycles. The summed E-state index contributed by atoms with van der Waals surface area (Å²) in [7, 11) is 0. The van der Waals surface area contributed by atoms with Gasteiger partial charge in [-0.3, -0.25) is 4.79 Å². The second-order valence-corrected chi connectivity index (χ2v) is 5.94. The van der Waals surface area contributed by atoms with Gasteiger partial charge < -0.3 is 10.6 Å². The van der Waals surface area contributed by atoms with Gasteiger partial charge in [-0.05, 0) is 31.7 Å². The van der Waals surface area contributed by atoms with Crippen LogP contribution in [0.1, 0.15) is 52.6 Å². The third-order valence-corrected chi connectivity index (χ3v) is 3.72. The van der Waals surface area contributed by atoms with Gasteiger partial charge >= 0.3 is 0 Å². The van der Waals surface area contributed by atoms with Gasteiger partial charge in [-0.15, -0.1) is 0 Å². The number of carbonyl (C=O) groups is 1. The van der Waals surface area contributed by atoms with Crippen LogP contribution in [0.5, 0.6) is 0 Å². The highest BCUT2D eigenvalue weighted by molar-refractivity contribution is 5.82. The van der Waals surface area contributed by atoms with E-state index in [-0.39, 0.29) is 23.9 Å². The van der Waals surface area contributed by atoms with Gasteiger partial charge in [0, 0.05) is 6.04 Å². The Balaban J connectivity index is 3.08. The maximum atomic E-state index is 12.7. The number of benzene rings is 1. The van der Waals surface area contributed by atoms with Crippen LogP contribution < -0.4 is 5.73 Å². The predicted octanol–water partition coefficient (Wildman–Crippen LogP) is 3.36. The zero-order valence-corrected chi connectivity index (χ0v) is 13.3. The molecule has 20 heavy (non-hydrogen) atoms. The molecule has 3 nitrogen and oxygen atoms in total. The van der Waals surface area contributed by atoms with Gasteiger partial charge in [0.25, 0.3) is 0 Å². The van der Waals surface area contributed by atoms with E-state index in [4.69, 9.17) is 5.73 Å². The summed E-state index contributed by atoms with van der Waals surface area (Å²) in [5.41, 5.74) is 7.25. The molecule has 0 aliphatic rings. The lowest BCUT2D eigenvalue weighted by molar-refractivity contribution is -0.138. The van der Waals surface area contributed by atoms with E-state index in [1.165, 1.54) is 5.56 Å². The molecule has 0 radical (unpaired) electrons. The van der Waals surface area contributed by atoms with Crippen LogP contribution >= 0.6 is 0 Å². The van der Waals surface area contributed by atoms with E-state index in [0.717, 1.165) is 6.42 Å². The smallest absolute Gasteiger partial charge is 0.240 e. The molecule has 2 N–H and O–H groups in total. The van der Waals surface area contributed by atoms with Gasteiger partial charge in [0.15, 0.2) is 0 Å². The lowest BCUT2D eigenvalue weighted by Gasteiger charge is -2.37. The molecular weight excluding hydrogens is 248 g/mol. The van der Waals surface area contributed by atoms with E-state index < -0.39 is 6.04 Å². The summed E-state index contributed by atoms with van der Waals surface area (Å²) >= 11 is 0. The minimum atomic E-state index is -0.435. The first-order chi connectivity index (χ1) is 9.40. The topological polar surface area (TPSA) is 46.3 Å². The van der Waals surface area contributed by atoms with Gasteiger partial charge in [0.2, 0.25) is 5.91 Å². The minimum Gasteiger partial charge on any atom is -0.332 e. The monoisotopic (exact) mass is 276 g/mol. The summed E-state index contributed by atoms with van der Waals surface area (Å²) in [5.74, 6) is 0.197. The fourth-order valence-corrected chi connectivity index (χ4v) is 2.49. The van der Waals surface area contributed by atoms with E-state index in [9.17, 15) is 4.79 Å². The summed E-state index contributed by atoms with van der Waals surface area (Å²) in [6, 6.07) is 9.99. The standard InChI is InChI=1S/C17H28N2O/c1-6-15(14-10-8-7-9-11-14)19(13(4)5)17(20)16(18)12(2)3/h7-13,15-16H,6,18H2,1-5H3/t15-,16-/m0/s1. The van der Waals surface area contributed by atoms with Gasteiger partial charge in [-0.1, -0.05) is 51.1 Å². The van der Waals surface area contributed by atoms with Crippen LogP contribution in [0, 0.1) is 5.92 Å². The minimum absolute atomic E-state index is 0.0469. The second-order valence-electron chi connectivity index (χ2n) is 5.94. The second kappa shape index (κ2) is 7.44. The van der Waals surface area contributed by atoms with Crippen molar-refractivity contribution in [2.24, 2.45) is 11.7 Å². The molecule has 1 rings (SSSR count). The number of carbonyl (C=O) groups excluding carboxylic acids is 1. The van der Waals surface area contributed by atoms with Crippen molar-refractivity contribution in [3.63, 3.8) is 0 Å². The fraction of sp³-hybridized carbons (Fsp3) is 0.588. The number of amides is 1. The number of nitrogens with zero attached hydrogens (tertiary/aromatic N) is 1. The molecule has 1 aromatic carbocycles. The average molecular weight is 276 g/mol. The molecule has 0 bridgehead atoms. The summed E-state index contributed by atoms with van der Waals surface area (Å²) < 4.78 is 0. The number of nitrogens with two attached hydrogens (primary N) is 1. The molecule has 0 heterocycles. The Morgan fingerprint density at radius 1 is 1.15 bits per heavy atom. The molecule has 0 spiro atoms. The van der Waals surface area contributed by atoms with Crippen LogP contribution in [0.25, 0.3) is 0 Å². The van der Waals surface area contributed by atoms with Gasteiger partial charge in [-0.25, -0.2) is 0 Å². The van der Waals surface area contributed by atoms with Crippen molar-refractivity contribution in [3.05, 3.63) is 35.9 Å². The third kappa shape index (κ3) is 3.83. The first-order valence-electron chi connectivity index (χ1n) is 7.52. The summed E-state index contributed by atoms with van der Waals surface area (Å²) in [6.07, 6.45) is 0.888. The molecule has 112 valence electrons. The molecule has 0 aliphatic carbocycles. The average Bonchev–Trinajstić information content (AvgIpc) is 2.43. The Morgan fingerprint density at radius 3 is 2.10 bits per heavy atom. The Labute approximate surface area is 123 Å². The van der Waals surface area contributed by atoms with Crippen LogP contribution in [0.4, 0.5) is 0 Å². The highest BCUT2D eigenvalue weighted by Crippen LogP contribution is 2.27. The molecule has 3 heteroatoms. The molecular formula is C17H28N2O. The number of hydrogen-bond donors (Lipinski definition) is 1. The summed E-state index contributed by atoms with van der Waals surface area (Å²) in [5, 5.41) is 0. The highest BCUT2D eigenvalue weighted by Gasteiger charge is 2.31. The molecule has 0 saturated carbocycles. The fourth-order valence-electron chi connectivity index (χ4n) is 2.49. The van der Waals surface area contributed by atoms with E-state index in [1.54, 1.807) is 0 Å². The van der Waals surface area contributed by atoms with Crippen LogP contribution in [0.15, 0.2) is 30.3 Å². The normalized spacial score (nSPS) is 14.4. The molecule has 0 aromatic heterocycles. The first-order valence-corrected chi connectivity index (χ1v) is 7.52. The first kappa shape index (κ1) is 16.7. The van der Waals surface area contributed by atoms with Crippen molar-refractivity contribution in [2.75, 3.05) is 0 Å². The van der Waals surface area contributed by atoms with Crippen molar-refractivity contribution in [3.8, 4) is 0 Å². The van der Waals surface area contributed by atoms with Crippen LogP contribution in [-0.4, -0.2) is 22.9 Å². The van der Waals surface area contributed by atoms with Crippen molar-refractivity contribution in [2.45, 2.75) is 59.2 Å². The Morgan fingerprint density at radius 2 is 1.70 bits per heavy atom.